The van der Waals surface area contributed by atoms with Crippen LogP contribution in [0.1, 0.15) is 24.1 Å². The second-order valence-corrected chi connectivity index (χ2v) is 4.75. The second kappa shape index (κ2) is 3.09. The molecule has 1 aliphatic carbocycles. The van der Waals surface area contributed by atoms with Crippen molar-refractivity contribution in [2.24, 2.45) is 0 Å². The van der Waals surface area contributed by atoms with Gasteiger partial charge in [0.25, 0.3) is 0 Å². The molecule has 14 heavy (non-hydrogen) atoms. The zero-order valence-electron chi connectivity index (χ0n) is 7.81. The fourth-order valence-electron chi connectivity index (χ4n) is 2.24. The third-order valence-corrected chi connectivity index (χ3v) is 3.33. The summed E-state index contributed by atoms with van der Waals surface area (Å²) in [6, 6.07) is 2.11. The van der Waals surface area contributed by atoms with Crippen molar-refractivity contribution in [1.29, 1.82) is 0 Å². The van der Waals surface area contributed by atoms with Gasteiger partial charge in [-0.2, -0.15) is 0 Å². The summed E-state index contributed by atoms with van der Waals surface area (Å²) in [5.41, 5.74) is 5.18. The average Bonchev–Trinajstić information content (AvgIpc) is 2.54. The third-order valence-electron chi connectivity index (χ3n) is 2.89. The van der Waals surface area contributed by atoms with E-state index in [2.05, 4.69) is 32.0 Å². The number of rotatable bonds is 0. The molecule has 0 saturated carbocycles. The summed E-state index contributed by atoms with van der Waals surface area (Å²) in [6.45, 7) is 0. The first-order chi connectivity index (χ1) is 6.84. The van der Waals surface area contributed by atoms with Crippen LogP contribution in [0.4, 0.5) is 0 Å². The fraction of sp³-hybridized carbons (Fsp3) is 0.364. The van der Waals surface area contributed by atoms with E-state index in [9.17, 15) is 0 Å². The summed E-state index contributed by atoms with van der Waals surface area (Å²) in [7, 11) is 0. The molecular formula is C11H11BrN2. The summed E-state index contributed by atoms with van der Waals surface area (Å²) in [5, 5.41) is 0. The maximum Gasteiger partial charge on any atom is 0.0914 e. The van der Waals surface area contributed by atoms with Gasteiger partial charge in [0.15, 0.2) is 0 Å². The van der Waals surface area contributed by atoms with E-state index in [1.807, 2.05) is 6.20 Å². The van der Waals surface area contributed by atoms with E-state index in [1.54, 1.807) is 0 Å². The predicted octanol–water partition coefficient (Wildman–Crippen LogP) is 3.20. The highest BCUT2D eigenvalue weighted by atomic mass is 79.9. The number of fused-ring (bicyclic) bond motifs is 3. The molecule has 0 spiro atoms. The number of aryl methyl sites for hydroxylation is 2. The van der Waals surface area contributed by atoms with Crippen molar-refractivity contribution >= 4 is 27.0 Å². The highest BCUT2D eigenvalue weighted by Crippen LogP contribution is 2.28. The lowest BCUT2D eigenvalue weighted by Gasteiger charge is -2.09. The maximum absolute atomic E-state index is 4.48. The van der Waals surface area contributed by atoms with Crippen LogP contribution in [0.2, 0.25) is 0 Å². The van der Waals surface area contributed by atoms with Gasteiger partial charge in [0, 0.05) is 16.4 Å². The molecule has 0 saturated heterocycles. The van der Waals surface area contributed by atoms with E-state index < -0.39 is 0 Å². The molecule has 1 N–H and O–H groups in total. The van der Waals surface area contributed by atoms with E-state index in [4.69, 9.17) is 0 Å². The van der Waals surface area contributed by atoms with Gasteiger partial charge >= 0.3 is 0 Å². The lowest BCUT2D eigenvalue weighted by atomic mass is 9.97. The highest BCUT2D eigenvalue weighted by molar-refractivity contribution is 9.10. The molecule has 1 aliphatic rings. The van der Waals surface area contributed by atoms with Gasteiger partial charge in [-0.1, -0.05) is 0 Å². The van der Waals surface area contributed by atoms with Gasteiger partial charge < -0.3 is 4.98 Å². The van der Waals surface area contributed by atoms with E-state index in [1.165, 1.54) is 48.0 Å². The van der Waals surface area contributed by atoms with Gasteiger partial charge in [-0.25, -0.2) is 0 Å². The molecule has 0 bridgehead atoms. The average molecular weight is 251 g/mol. The molecule has 0 fully saturated rings. The van der Waals surface area contributed by atoms with Crippen LogP contribution < -0.4 is 0 Å². The molecule has 3 rings (SSSR count). The van der Waals surface area contributed by atoms with Crippen LogP contribution in [0.25, 0.3) is 11.0 Å². The molecule has 2 aromatic rings. The molecule has 0 radical (unpaired) electrons. The molecule has 72 valence electrons. The molecule has 0 aliphatic heterocycles. The van der Waals surface area contributed by atoms with Crippen molar-refractivity contribution < 1.29 is 0 Å². The molecule has 0 amide bonds. The number of halogens is 1. The smallest absolute Gasteiger partial charge is 0.0914 e. The molecule has 0 unspecified atom stereocenters. The van der Waals surface area contributed by atoms with E-state index in [0.29, 0.717) is 0 Å². The number of nitrogens with zero attached hydrogens (tertiary/aromatic N) is 1. The standard InChI is InChI=1S/C11H11BrN2/c12-7-5-10-11(13-6-7)8-3-1-2-4-9(8)14-10/h5-6,14H,1-4H2. The van der Waals surface area contributed by atoms with E-state index >= 15 is 0 Å². The van der Waals surface area contributed by atoms with Gasteiger partial charge in [-0.15, -0.1) is 0 Å². The molecule has 2 heterocycles. The summed E-state index contributed by atoms with van der Waals surface area (Å²) in [5.74, 6) is 0. The lowest BCUT2D eigenvalue weighted by Crippen LogP contribution is -2.00. The quantitative estimate of drug-likeness (QED) is 0.765. The fourth-order valence-corrected chi connectivity index (χ4v) is 2.57. The van der Waals surface area contributed by atoms with Crippen LogP contribution in [0.3, 0.4) is 0 Å². The monoisotopic (exact) mass is 250 g/mol. The molecule has 2 nitrogen and oxygen atoms in total. The summed E-state index contributed by atoms with van der Waals surface area (Å²) < 4.78 is 1.04. The zero-order chi connectivity index (χ0) is 9.54. The molecule has 0 atom stereocenters. The van der Waals surface area contributed by atoms with Crippen LogP contribution in [-0.2, 0) is 12.8 Å². The lowest BCUT2D eigenvalue weighted by molar-refractivity contribution is 0.679. The number of H-pyrrole nitrogens is 1. The first kappa shape index (κ1) is 8.48. The summed E-state index contributed by atoms with van der Waals surface area (Å²) >= 11 is 3.44. The Morgan fingerprint density at radius 2 is 2.14 bits per heavy atom. The van der Waals surface area contributed by atoms with Gasteiger partial charge in [0.1, 0.15) is 0 Å². The Bertz CT molecular complexity index is 487. The SMILES string of the molecule is Brc1cnc2c3c([nH]c2c1)CCCC3. The van der Waals surface area contributed by atoms with Crippen molar-refractivity contribution in [2.75, 3.05) is 0 Å². The zero-order valence-corrected chi connectivity index (χ0v) is 9.39. The Labute approximate surface area is 90.9 Å². The largest absolute Gasteiger partial charge is 0.357 e. The van der Waals surface area contributed by atoms with Gasteiger partial charge in [-0.3, -0.25) is 4.98 Å². The van der Waals surface area contributed by atoms with Crippen molar-refractivity contribution in [1.82, 2.24) is 9.97 Å². The third kappa shape index (κ3) is 1.19. The van der Waals surface area contributed by atoms with Gasteiger partial charge in [0.2, 0.25) is 0 Å². The predicted molar refractivity (Wildman–Crippen MR) is 60.4 cm³/mol. The molecule has 0 aromatic carbocycles. The Morgan fingerprint density at radius 3 is 3.07 bits per heavy atom. The normalized spacial score (nSPS) is 15.8. The van der Waals surface area contributed by atoms with Crippen LogP contribution in [0, 0.1) is 0 Å². The Kier molecular flexibility index (Phi) is 1.87. The van der Waals surface area contributed by atoms with Crippen molar-refractivity contribution in [3.63, 3.8) is 0 Å². The highest BCUT2D eigenvalue weighted by Gasteiger charge is 2.15. The van der Waals surface area contributed by atoms with Crippen LogP contribution in [0.15, 0.2) is 16.7 Å². The number of aromatic amines is 1. The molecule has 3 heteroatoms. The Morgan fingerprint density at radius 1 is 1.29 bits per heavy atom. The molecular weight excluding hydrogens is 240 g/mol. The number of nitrogens with one attached hydrogen (secondary N) is 1. The first-order valence-electron chi connectivity index (χ1n) is 4.99. The van der Waals surface area contributed by atoms with Gasteiger partial charge in [-0.05, 0) is 53.2 Å². The van der Waals surface area contributed by atoms with Crippen LogP contribution in [-0.4, -0.2) is 9.97 Å². The Hall–Kier alpha value is -0.830. The van der Waals surface area contributed by atoms with Crippen molar-refractivity contribution in [2.45, 2.75) is 25.7 Å². The minimum Gasteiger partial charge on any atom is -0.357 e. The van der Waals surface area contributed by atoms with E-state index in [-0.39, 0.29) is 0 Å². The minimum atomic E-state index is 1.04. The number of hydrogen-bond acceptors (Lipinski definition) is 1. The van der Waals surface area contributed by atoms with Crippen LogP contribution >= 0.6 is 15.9 Å². The maximum atomic E-state index is 4.48. The van der Waals surface area contributed by atoms with Crippen LogP contribution in [0.5, 0.6) is 0 Å². The number of hydrogen-bond donors (Lipinski definition) is 1. The summed E-state index contributed by atoms with van der Waals surface area (Å²) in [6.07, 6.45) is 6.86. The van der Waals surface area contributed by atoms with E-state index in [0.717, 1.165) is 4.47 Å². The number of aromatic nitrogens is 2. The Balaban J connectivity index is 2.31. The molecule has 2 aromatic heterocycles. The number of pyridine rings is 1. The minimum absolute atomic E-state index is 1.04. The topological polar surface area (TPSA) is 28.7 Å². The first-order valence-corrected chi connectivity index (χ1v) is 5.79. The van der Waals surface area contributed by atoms with Crippen molar-refractivity contribution in [3.05, 3.63) is 28.0 Å². The van der Waals surface area contributed by atoms with Gasteiger partial charge in [0.05, 0.1) is 11.0 Å². The summed E-state index contributed by atoms with van der Waals surface area (Å²) in [4.78, 5) is 7.94. The van der Waals surface area contributed by atoms with Crippen molar-refractivity contribution in [3.8, 4) is 0 Å². The second-order valence-electron chi connectivity index (χ2n) is 3.84.